The maximum Gasteiger partial charge on any atom is 0.123 e. The Morgan fingerprint density at radius 2 is 1.74 bits per heavy atom. The first kappa shape index (κ1) is 15.3. The van der Waals surface area contributed by atoms with Gasteiger partial charge in [-0.1, -0.05) is 15.9 Å². The van der Waals surface area contributed by atoms with Crippen molar-refractivity contribution in [2.75, 3.05) is 0 Å². The highest BCUT2D eigenvalue weighted by atomic mass is 127. The summed E-state index contributed by atoms with van der Waals surface area (Å²) in [4.78, 5) is 0. The van der Waals surface area contributed by atoms with Crippen molar-refractivity contribution in [2.45, 2.75) is 19.2 Å². The van der Waals surface area contributed by atoms with Crippen molar-refractivity contribution < 1.29 is 4.39 Å². The zero-order valence-corrected chi connectivity index (χ0v) is 15.0. The fraction of sp³-hybridized carbons (Fsp3) is 0.200. The molecule has 2 rings (SSSR count). The molecule has 19 heavy (non-hydrogen) atoms. The third-order valence-corrected chi connectivity index (χ3v) is 4.89. The fourth-order valence-electron chi connectivity index (χ4n) is 2.19. The van der Waals surface area contributed by atoms with Crippen molar-refractivity contribution >= 4 is 50.1 Å². The zero-order chi connectivity index (χ0) is 14.2. The van der Waals surface area contributed by atoms with E-state index in [1.165, 1.54) is 12.1 Å². The number of rotatable bonds is 2. The maximum absolute atomic E-state index is 13.4. The van der Waals surface area contributed by atoms with E-state index in [9.17, 15) is 4.39 Å². The molecule has 1 atom stereocenters. The van der Waals surface area contributed by atoms with Gasteiger partial charge in [-0.2, -0.15) is 0 Å². The lowest BCUT2D eigenvalue weighted by atomic mass is 9.95. The van der Waals surface area contributed by atoms with E-state index < -0.39 is 0 Å². The van der Waals surface area contributed by atoms with Gasteiger partial charge in [0.15, 0.2) is 0 Å². The van der Waals surface area contributed by atoms with E-state index >= 15 is 0 Å². The van der Waals surface area contributed by atoms with Gasteiger partial charge in [0.05, 0.1) is 5.38 Å². The lowest BCUT2D eigenvalue weighted by Gasteiger charge is -2.18. The molecular weight excluding hydrogens is 441 g/mol. The molecule has 0 heterocycles. The van der Waals surface area contributed by atoms with Crippen LogP contribution in [0, 0.1) is 23.2 Å². The second-order valence-corrected chi connectivity index (χ2v) is 7.02. The van der Waals surface area contributed by atoms with Crippen LogP contribution in [0.1, 0.15) is 27.6 Å². The van der Waals surface area contributed by atoms with Crippen LogP contribution in [0.25, 0.3) is 0 Å². The second kappa shape index (κ2) is 6.10. The van der Waals surface area contributed by atoms with E-state index in [2.05, 4.69) is 38.5 Å². The molecule has 0 spiro atoms. The number of halogens is 4. The number of alkyl halides is 1. The summed E-state index contributed by atoms with van der Waals surface area (Å²) in [5, 5.41) is -0.287. The Labute approximate surface area is 139 Å². The second-order valence-electron chi connectivity index (χ2n) is 4.48. The van der Waals surface area contributed by atoms with Gasteiger partial charge in [0.1, 0.15) is 5.82 Å². The largest absolute Gasteiger partial charge is 0.207 e. The predicted octanol–water partition coefficient (Wildman–Crippen LogP) is 6.14. The van der Waals surface area contributed by atoms with Gasteiger partial charge in [-0.05, 0) is 89.0 Å². The Hall–Kier alpha value is -0.130. The normalized spacial score (nSPS) is 12.5. The molecule has 0 aliphatic carbocycles. The number of hydrogen-bond donors (Lipinski definition) is 0. The lowest BCUT2D eigenvalue weighted by molar-refractivity contribution is 0.624. The summed E-state index contributed by atoms with van der Waals surface area (Å²) >= 11 is 12.4. The Morgan fingerprint density at radius 1 is 1.16 bits per heavy atom. The molecule has 0 saturated carbocycles. The van der Waals surface area contributed by atoms with Crippen LogP contribution in [0.5, 0.6) is 0 Å². The lowest BCUT2D eigenvalue weighted by Crippen LogP contribution is -2.02. The van der Waals surface area contributed by atoms with E-state index in [0.29, 0.717) is 0 Å². The van der Waals surface area contributed by atoms with E-state index in [1.807, 2.05) is 32.0 Å². The first-order valence-electron chi connectivity index (χ1n) is 5.76. The SMILES string of the molecule is Cc1cc(F)cc(C)c1C(Cl)c1cc(I)ccc1Br. The molecule has 0 nitrogen and oxygen atoms in total. The van der Waals surface area contributed by atoms with Gasteiger partial charge in [0, 0.05) is 8.04 Å². The smallest absolute Gasteiger partial charge is 0.123 e. The summed E-state index contributed by atoms with van der Waals surface area (Å²) in [6.07, 6.45) is 0. The highest BCUT2D eigenvalue weighted by molar-refractivity contribution is 14.1. The third-order valence-electron chi connectivity index (χ3n) is 3.04. The minimum absolute atomic E-state index is 0.218. The van der Waals surface area contributed by atoms with E-state index in [4.69, 9.17) is 11.6 Å². The zero-order valence-electron chi connectivity index (χ0n) is 10.5. The van der Waals surface area contributed by atoms with Gasteiger partial charge < -0.3 is 0 Å². The maximum atomic E-state index is 13.4. The van der Waals surface area contributed by atoms with Gasteiger partial charge >= 0.3 is 0 Å². The van der Waals surface area contributed by atoms with Crippen LogP contribution in [-0.4, -0.2) is 0 Å². The van der Waals surface area contributed by atoms with E-state index in [1.54, 1.807) is 0 Å². The molecule has 0 bridgehead atoms. The Kier molecular flexibility index (Phi) is 4.90. The summed E-state index contributed by atoms with van der Waals surface area (Å²) in [5.41, 5.74) is 3.74. The highest BCUT2D eigenvalue weighted by Crippen LogP contribution is 2.37. The van der Waals surface area contributed by atoms with Gasteiger partial charge in [-0.25, -0.2) is 4.39 Å². The average molecular weight is 454 g/mol. The predicted molar refractivity (Wildman–Crippen MR) is 90.4 cm³/mol. The van der Waals surface area contributed by atoms with Crippen molar-refractivity contribution in [2.24, 2.45) is 0 Å². The molecule has 2 aromatic carbocycles. The molecule has 0 N–H and O–H groups in total. The number of benzene rings is 2. The topological polar surface area (TPSA) is 0 Å². The standard InChI is InChI=1S/C15H12BrClFI/c1-8-5-10(18)6-9(2)14(8)15(17)12-7-11(19)3-4-13(12)16/h3-7,15H,1-2H3. The minimum Gasteiger partial charge on any atom is -0.207 e. The van der Waals surface area contributed by atoms with Gasteiger partial charge in [0.25, 0.3) is 0 Å². The van der Waals surface area contributed by atoms with Crippen molar-refractivity contribution in [3.05, 3.63) is 66.4 Å². The molecule has 0 aliphatic heterocycles. The molecule has 2 aromatic rings. The summed E-state index contributed by atoms with van der Waals surface area (Å²) in [5.74, 6) is -0.218. The average Bonchev–Trinajstić information content (AvgIpc) is 2.30. The molecular formula is C15H12BrClFI. The molecule has 1 unspecified atom stereocenters. The first-order valence-corrected chi connectivity index (χ1v) is 8.06. The molecule has 0 radical (unpaired) electrons. The summed E-state index contributed by atoms with van der Waals surface area (Å²) in [7, 11) is 0. The molecule has 0 saturated heterocycles. The van der Waals surface area contributed by atoms with Crippen LogP contribution < -0.4 is 0 Å². The number of hydrogen-bond acceptors (Lipinski definition) is 0. The Balaban J connectivity index is 2.56. The quantitative estimate of drug-likeness (QED) is 0.379. The molecule has 4 heteroatoms. The summed E-state index contributed by atoms with van der Waals surface area (Å²) < 4.78 is 15.5. The van der Waals surface area contributed by atoms with E-state index in [-0.39, 0.29) is 11.2 Å². The van der Waals surface area contributed by atoms with Crippen LogP contribution in [-0.2, 0) is 0 Å². The third kappa shape index (κ3) is 3.31. The van der Waals surface area contributed by atoms with Crippen molar-refractivity contribution in [3.63, 3.8) is 0 Å². The Bertz CT molecular complexity index is 605. The summed E-state index contributed by atoms with van der Waals surface area (Å²) in [6, 6.07) is 9.10. The van der Waals surface area contributed by atoms with Crippen LogP contribution in [0.4, 0.5) is 4.39 Å². The van der Waals surface area contributed by atoms with E-state index in [0.717, 1.165) is 30.3 Å². The van der Waals surface area contributed by atoms with Gasteiger partial charge in [0.2, 0.25) is 0 Å². The van der Waals surface area contributed by atoms with Gasteiger partial charge in [-0.15, -0.1) is 11.6 Å². The summed E-state index contributed by atoms with van der Waals surface area (Å²) in [6.45, 7) is 3.78. The van der Waals surface area contributed by atoms with Crippen LogP contribution in [0.3, 0.4) is 0 Å². The van der Waals surface area contributed by atoms with Crippen LogP contribution >= 0.6 is 50.1 Å². The Morgan fingerprint density at radius 3 is 2.32 bits per heavy atom. The monoisotopic (exact) mass is 452 g/mol. The fourth-order valence-corrected chi connectivity index (χ4v) is 3.83. The van der Waals surface area contributed by atoms with Crippen molar-refractivity contribution in [1.29, 1.82) is 0 Å². The molecule has 0 fully saturated rings. The first-order chi connectivity index (χ1) is 8.90. The molecule has 0 aliphatic rings. The molecule has 0 amide bonds. The van der Waals surface area contributed by atoms with Crippen LogP contribution in [0.2, 0.25) is 0 Å². The molecule has 0 aromatic heterocycles. The molecule has 100 valence electrons. The van der Waals surface area contributed by atoms with Gasteiger partial charge in [-0.3, -0.25) is 0 Å². The number of aryl methyl sites for hydroxylation is 2. The van der Waals surface area contributed by atoms with Crippen LogP contribution in [0.15, 0.2) is 34.8 Å². The highest BCUT2D eigenvalue weighted by Gasteiger charge is 2.19. The van der Waals surface area contributed by atoms with Crippen molar-refractivity contribution in [1.82, 2.24) is 0 Å². The van der Waals surface area contributed by atoms with Crippen molar-refractivity contribution in [3.8, 4) is 0 Å². The minimum atomic E-state index is -0.287.